The Kier molecular flexibility index (Phi) is 4.98. The average Bonchev–Trinajstić information content (AvgIpc) is 2.55. The molecule has 0 bridgehead atoms. The number of amides is 1. The zero-order valence-electron chi connectivity index (χ0n) is 12.2. The fourth-order valence-electron chi connectivity index (χ4n) is 1.83. The van der Waals surface area contributed by atoms with Gasteiger partial charge in [-0.3, -0.25) is 4.79 Å². The number of hydrogen-bond acceptors (Lipinski definition) is 5. The van der Waals surface area contributed by atoms with Crippen LogP contribution in [0.4, 0.5) is 0 Å². The molecule has 0 aliphatic heterocycles. The van der Waals surface area contributed by atoms with Crippen LogP contribution in [-0.4, -0.2) is 31.4 Å². The van der Waals surface area contributed by atoms with E-state index < -0.39 is 5.91 Å². The van der Waals surface area contributed by atoms with Crippen molar-refractivity contribution in [3.63, 3.8) is 0 Å². The van der Waals surface area contributed by atoms with Crippen LogP contribution in [0.25, 0.3) is 0 Å². The van der Waals surface area contributed by atoms with E-state index in [9.17, 15) is 9.90 Å². The molecular weight excluding hydrogens is 284 g/mol. The van der Waals surface area contributed by atoms with E-state index in [1.54, 1.807) is 44.6 Å². The second-order valence-corrected chi connectivity index (χ2v) is 4.32. The third kappa shape index (κ3) is 3.54. The number of carbonyl (C=O) groups is 1. The van der Waals surface area contributed by atoms with E-state index in [1.165, 1.54) is 18.3 Å². The summed E-state index contributed by atoms with van der Waals surface area (Å²) in [7, 11) is 3.10. The Hall–Kier alpha value is -3.02. The molecule has 0 saturated heterocycles. The number of benzene rings is 2. The zero-order chi connectivity index (χ0) is 15.9. The first-order chi connectivity index (χ1) is 10.7. The van der Waals surface area contributed by atoms with E-state index in [2.05, 4.69) is 10.5 Å². The fourth-order valence-corrected chi connectivity index (χ4v) is 1.83. The van der Waals surface area contributed by atoms with Crippen LogP contribution in [0.3, 0.4) is 0 Å². The van der Waals surface area contributed by atoms with Gasteiger partial charge in [-0.2, -0.15) is 5.10 Å². The summed E-state index contributed by atoms with van der Waals surface area (Å²) >= 11 is 0. The van der Waals surface area contributed by atoms with Crippen molar-refractivity contribution in [2.75, 3.05) is 14.2 Å². The van der Waals surface area contributed by atoms with Gasteiger partial charge < -0.3 is 14.6 Å². The normalized spacial score (nSPS) is 10.5. The average molecular weight is 300 g/mol. The highest BCUT2D eigenvalue weighted by molar-refractivity contribution is 5.97. The van der Waals surface area contributed by atoms with Crippen molar-refractivity contribution in [3.05, 3.63) is 53.6 Å². The molecule has 6 heteroatoms. The number of phenols is 1. The number of rotatable bonds is 5. The van der Waals surface area contributed by atoms with Crippen LogP contribution in [-0.2, 0) is 0 Å². The Labute approximate surface area is 128 Å². The molecule has 6 nitrogen and oxygen atoms in total. The number of nitrogens with one attached hydrogen (secondary N) is 1. The van der Waals surface area contributed by atoms with Crippen LogP contribution >= 0.6 is 0 Å². The van der Waals surface area contributed by atoms with Crippen molar-refractivity contribution in [1.29, 1.82) is 0 Å². The molecule has 0 aliphatic rings. The summed E-state index contributed by atoms with van der Waals surface area (Å²) in [6.45, 7) is 0. The third-order valence-corrected chi connectivity index (χ3v) is 2.96. The van der Waals surface area contributed by atoms with Gasteiger partial charge in [-0.1, -0.05) is 12.1 Å². The maximum Gasteiger partial charge on any atom is 0.275 e. The van der Waals surface area contributed by atoms with Gasteiger partial charge in [0.2, 0.25) is 0 Å². The molecule has 1 amide bonds. The molecule has 0 aromatic heterocycles. The second-order valence-electron chi connectivity index (χ2n) is 4.32. The highest BCUT2D eigenvalue weighted by atomic mass is 16.5. The van der Waals surface area contributed by atoms with E-state index in [0.29, 0.717) is 17.1 Å². The summed E-state index contributed by atoms with van der Waals surface area (Å²) < 4.78 is 10.3. The molecule has 0 spiro atoms. The smallest absolute Gasteiger partial charge is 0.275 e. The number of nitrogens with zero attached hydrogens (tertiary/aromatic N) is 1. The number of carbonyl (C=O) groups excluding carboxylic acids is 1. The Bertz CT molecular complexity index is 698. The van der Waals surface area contributed by atoms with Crippen LogP contribution in [0, 0.1) is 0 Å². The predicted octanol–water partition coefficient (Wildman–Crippen LogP) is 2.17. The largest absolute Gasteiger partial charge is 0.507 e. The van der Waals surface area contributed by atoms with Gasteiger partial charge in [0.25, 0.3) is 5.91 Å². The summed E-state index contributed by atoms with van der Waals surface area (Å²) in [4.78, 5) is 11.9. The van der Waals surface area contributed by atoms with Crippen molar-refractivity contribution in [1.82, 2.24) is 5.43 Å². The van der Waals surface area contributed by atoms with Gasteiger partial charge in [-0.25, -0.2) is 5.43 Å². The van der Waals surface area contributed by atoms with Crippen LogP contribution < -0.4 is 14.9 Å². The molecule has 2 aromatic rings. The summed E-state index contributed by atoms with van der Waals surface area (Å²) in [6.07, 6.45) is 1.44. The zero-order valence-corrected chi connectivity index (χ0v) is 12.2. The van der Waals surface area contributed by atoms with Crippen LogP contribution in [0.5, 0.6) is 17.2 Å². The fraction of sp³-hybridized carbons (Fsp3) is 0.125. The first kappa shape index (κ1) is 15.4. The Morgan fingerprint density at radius 3 is 2.64 bits per heavy atom. The molecule has 0 radical (unpaired) electrons. The molecule has 0 atom stereocenters. The minimum atomic E-state index is -0.504. The lowest BCUT2D eigenvalue weighted by Gasteiger charge is -2.07. The number of para-hydroxylation sites is 1. The van der Waals surface area contributed by atoms with E-state index in [1.807, 2.05) is 0 Å². The highest BCUT2D eigenvalue weighted by Crippen LogP contribution is 2.22. The number of hydrazone groups is 1. The molecule has 2 aromatic carbocycles. The molecule has 0 fully saturated rings. The molecule has 2 rings (SSSR count). The first-order valence-corrected chi connectivity index (χ1v) is 6.49. The van der Waals surface area contributed by atoms with Crippen molar-refractivity contribution < 1.29 is 19.4 Å². The molecule has 22 heavy (non-hydrogen) atoms. The molecule has 114 valence electrons. The number of phenolic OH excluding ortho intramolecular Hbond substituents is 1. The highest BCUT2D eigenvalue weighted by Gasteiger charge is 2.09. The molecule has 0 saturated carbocycles. The minimum absolute atomic E-state index is 0.103. The molecule has 0 aliphatic carbocycles. The van der Waals surface area contributed by atoms with Crippen molar-refractivity contribution in [2.45, 2.75) is 0 Å². The molecule has 0 unspecified atom stereocenters. The quantitative estimate of drug-likeness (QED) is 0.655. The van der Waals surface area contributed by atoms with Crippen LogP contribution in [0.15, 0.2) is 47.6 Å². The third-order valence-electron chi connectivity index (χ3n) is 2.96. The standard InChI is InChI=1S/C16H16N2O4/c1-21-12-7-8-15(22-2)11(9-12)10-17-18-16(20)13-5-3-4-6-14(13)19/h3-10,19H,1-2H3,(H,18,20)/b17-10-. The van der Waals surface area contributed by atoms with Crippen molar-refractivity contribution in [2.24, 2.45) is 5.10 Å². The number of hydrogen-bond donors (Lipinski definition) is 2. The van der Waals surface area contributed by atoms with Crippen molar-refractivity contribution >= 4 is 12.1 Å². The van der Waals surface area contributed by atoms with Gasteiger partial charge in [0.1, 0.15) is 17.2 Å². The maximum absolute atomic E-state index is 11.9. The lowest BCUT2D eigenvalue weighted by Crippen LogP contribution is -2.17. The monoisotopic (exact) mass is 300 g/mol. The Morgan fingerprint density at radius 2 is 1.95 bits per heavy atom. The van der Waals surface area contributed by atoms with Gasteiger partial charge in [-0.15, -0.1) is 0 Å². The van der Waals surface area contributed by atoms with E-state index in [0.717, 1.165) is 0 Å². The van der Waals surface area contributed by atoms with Crippen LogP contribution in [0.2, 0.25) is 0 Å². The Morgan fingerprint density at radius 1 is 1.18 bits per heavy atom. The van der Waals surface area contributed by atoms with Crippen LogP contribution in [0.1, 0.15) is 15.9 Å². The first-order valence-electron chi connectivity index (χ1n) is 6.49. The van der Waals surface area contributed by atoms with Gasteiger partial charge >= 0.3 is 0 Å². The van der Waals surface area contributed by atoms with Gasteiger partial charge in [-0.05, 0) is 30.3 Å². The van der Waals surface area contributed by atoms with Gasteiger partial charge in [0.05, 0.1) is 26.0 Å². The summed E-state index contributed by atoms with van der Waals surface area (Å²) in [6, 6.07) is 11.5. The van der Waals surface area contributed by atoms with E-state index in [4.69, 9.17) is 9.47 Å². The number of ether oxygens (including phenoxy) is 2. The van der Waals surface area contributed by atoms with E-state index in [-0.39, 0.29) is 11.3 Å². The molecular formula is C16H16N2O4. The Balaban J connectivity index is 2.12. The second kappa shape index (κ2) is 7.12. The van der Waals surface area contributed by atoms with Gasteiger partial charge in [0.15, 0.2) is 0 Å². The topological polar surface area (TPSA) is 80.2 Å². The lowest BCUT2D eigenvalue weighted by atomic mass is 10.2. The minimum Gasteiger partial charge on any atom is -0.507 e. The summed E-state index contributed by atoms with van der Waals surface area (Å²) in [5.41, 5.74) is 3.15. The molecule has 2 N–H and O–H groups in total. The lowest BCUT2D eigenvalue weighted by molar-refractivity contribution is 0.0952. The summed E-state index contributed by atoms with van der Waals surface area (Å²) in [5.74, 6) is 0.640. The predicted molar refractivity (Wildman–Crippen MR) is 82.7 cm³/mol. The van der Waals surface area contributed by atoms with E-state index >= 15 is 0 Å². The maximum atomic E-state index is 11.9. The van der Waals surface area contributed by atoms with Crippen molar-refractivity contribution in [3.8, 4) is 17.2 Å². The number of aromatic hydroxyl groups is 1. The number of methoxy groups -OCH3 is 2. The SMILES string of the molecule is COc1ccc(OC)c(/C=N\NC(=O)c2ccccc2O)c1. The van der Waals surface area contributed by atoms with Gasteiger partial charge in [0, 0.05) is 5.56 Å². The molecule has 0 heterocycles. The summed E-state index contributed by atoms with van der Waals surface area (Å²) in [5, 5.41) is 13.5.